The number of hydrogen-bond donors (Lipinski definition) is 6. The van der Waals surface area contributed by atoms with E-state index in [9.17, 15) is 33.9 Å². The molecule has 14 heteroatoms. The van der Waals surface area contributed by atoms with Crippen LogP contribution in [0.25, 0.3) is 11.8 Å². The highest BCUT2D eigenvalue weighted by Crippen LogP contribution is 2.18. The number of H-pyrrole nitrogens is 1. The summed E-state index contributed by atoms with van der Waals surface area (Å²) >= 11 is 10.2. The number of aromatic amines is 1. The van der Waals surface area contributed by atoms with Gasteiger partial charge in [-0.1, -0.05) is 25.4 Å². The maximum Gasteiger partial charge on any atom is 0.333 e. The molecule has 0 aliphatic carbocycles. The highest BCUT2D eigenvalue weighted by atomic mass is 35.5. The molecule has 2 unspecified atom stereocenters. The Morgan fingerprint density at radius 3 is 2.21 bits per heavy atom. The molecule has 38 heavy (non-hydrogen) atoms. The Kier molecular flexibility index (Phi) is 10.5. The number of nitrogens with one attached hydrogen (secondary N) is 4. The average Bonchev–Trinajstić information content (AvgIpc) is 2.80. The minimum atomic E-state index is -1.32. The highest BCUT2D eigenvalue weighted by Gasteiger charge is 2.26. The van der Waals surface area contributed by atoms with Gasteiger partial charge in [0.1, 0.15) is 12.1 Å². The van der Waals surface area contributed by atoms with Crippen molar-refractivity contribution in [2.75, 3.05) is 0 Å². The van der Waals surface area contributed by atoms with Gasteiger partial charge in [0.05, 0.1) is 22.7 Å². The molecule has 0 spiro atoms. The maximum absolute atomic E-state index is 12.8. The second-order valence-corrected chi connectivity index (χ2v) is 9.55. The first-order valence-corrected chi connectivity index (χ1v) is 12.2. The Morgan fingerprint density at radius 1 is 1.08 bits per heavy atom. The van der Waals surface area contributed by atoms with Crippen molar-refractivity contribution in [3.8, 4) is 5.69 Å². The molecule has 2 aromatic rings. The van der Waals surface area contributed by atoms with Crippen LogP contribution in [0.3, 0.4) is 0 Å². The van der Waals surface area contributed by atoms with Gasteiger partial charge in [0.25, 0.3) is 5.56 Å². The van der Waals surface area contributed by atoms with Crippen molar-refractivity contribution in [3.05, 3.63) is 61.4 Å². The van der Waals surface area contributed by atoms with Gasteiger partial charge in [-0.05, 0) is 43.2 Å². The fourth-order valence-electron chi connectivity index (χ4n) is 3.36. The number of carboxylic acids is 1. The van der Waals surface area contributed by atoms with Crippen LogP contribution in [0, 0.1) is 5.92 Å². The molecule has 0 saturated heterocycles. The molecule has 3 amide bonds. The van der Waals surface area contributed by atoms with Crippen LogP contribution in [0.1, 0.15) is 39.7 Å². The van der Waals surface area contributed by atoms with Gasteiger partial charge in [-0.25, -0.2) is 4.79 Å². The molecule has 1 heterocycles. The van der Waals surface area contributed by atoms with Gasteiger partial charge in [-0.2, -0.15) is 0 Å². The number of benzene rings is 1. The minimum Gasteiger partial charge on any atom is -0.481 e. The third-order valence-corrected chi connectivity index (χ3v) is 5.90. The van der Waals surface area contributed by atoms with Crippen LogP contribution < -0.4 is 27.2 Å². The highest BCUT2D eigenvalue weighted by molar-refractivity contribution is 7.80. The summed E-state index contributed by atoms with van der Waals surface area (Å²) in [6.45, 7) is 6.06. The summed E-state index contributed by atoms with van der Waals surface area (Å²) in [6.07, 6.45) is 0.390. The van der Waals surface area contributed by atoms with Gasteiger partial charge < -0.3 is 21.1 Å². The van der Waals surface area contributed by atoms with E-state index in [0.717, 1.165) is 10.6 Å². The van der Waals surface area contributed by atoms with Crippen molar-refractivity contribution >= 4 is 54.0 Å². The molecule has 1 aromatic carbocycles. The van der Waals surface area contributed by atoms with E-state index in [1.54, 1.807) is 13.8 Å². The van der Waals surface area contributed by atoms with Gasteiger partial charge in [-0.3, -0.25) is 33.5 Å². The fourth-order valence-corrected chi connectivity index (χ4v) is 3.85. The molecule has 0 radical (unpaired) electrons. The molecule has 1 aromatic heterocycles. The quantitative estimate of drug-likeness (QED) is 0.184. The Labute approximate surface area is 227 Å². The minimum absolute atomic E-state index is 0.116. The lowest BCUT2D eigenvalue weighted by atomic mass is 10.0. The van der Waals surface area contributed by atoms with Crippen molar-refractivity contribution in [3.63, 3.8) is 0 Å². The first-order chi connectivity index (χ1) is 17.7. The van der Waals surface area contributed by atoms with Crippen molar-refractivity contribution in [2.45, 2.75) is 51.2 Å². The van der Waals surface area contributed by atoms with Gasteiger partial charge in [0.15, 0.2) is 0 Å². The topological polar surface area (TPSA) is 179 Å². The molecule has 5 N–H and O–H groups in total. The molecular formula is C24H28ClN5O7S. The average molecular weight is 566 g/mol. The van der Waals surface area contributed by atoms with E-state index < -0.39 is 53.4 Å². The zero-order valence-electron chi connectivity index (χ0n) is 21.0. The molecule has 0 bridgehead atoms. The van der Waals surface area contributed by atoms with Crippen molar-refractivity contribution in [1.82, 2.24) is 25.5 Å². The third-order valence-electron chi connectivity index (χ3n) is 5.21. The molecule has 12 nitrogen and oxygen atoms in total. The normalized spacial score (nSPS) is 13.0. The maximum atomic E-state index is 12.8. The summed E-state index contributed by atoms with van der Waals surface area (Å²) < 4.78 is 1.07. The van der Waals surface area contributed by atoms with Crippen LogP contribution in [0.4, 0.5) is 0 Å². The van der Waals surface area contributed by atoms with Crippen LogP contribution in [0.5, 0.6) is 0 Å². The number of thiol groups is 1. The predicted octanol–water partition coefficient (Wildman–Crippen LogP) is 1.07. The van der Waals surface area contributed by atoms with Crippen molar-refractivity contribution in [2.24, 2.45) is 5.92 Å². The summed E-state index contributed by atoms with van der Waals surface area (Å²) in [5.41, 5.74) is -1.72. The molecule has 0 fully saturated rings. The van der Waals surface area contributed by atoms with Gasteiger partial charge in [0.2, 0.25) is 17.7 Å². The van der Waals surface area contributed by atoms with E-state index in [2.05, 4.69) is 33.6 Å². The Morgan fingerprint density at radius 2 is 1.68 bits per heavy atom. The zero-order valence-corrected chi connectivity index (χ0v) is 22.6. The first-order valence-electron chi connectivity index (χ1n) is 11.4. The fraction of sp³-hybridized carbons (Fsp3) is 0.333. The molecule has 204 valence electrons. The monoisotopic (exact) mass is 565 g/mol. The largest absolute Gasteiger partial charge is 0.481 e. The number of aliphatic carboxylic acids is 1. The molecule has 0 saturated carbocycles. The number of hydrogen-bond acceptors (Lipinski definition) is 7. The Balaban J connectivity index is 2.40. The second kappa shape index (κ2) is 13.1. The van der Waals surface area contributed by atoms with E-state index in [0.29, 0.717) is 10.7 Å². The van der Waals surface area contributed by atoms with Crippen molar-refractivity contribution in [1.29, 1.82) is 0 Å². The van der Waals surface area contributed by atoms with Crippen LogP contribution in [0.2, 0.25) is 5.02 Å². The van der Waals surface area contributed by atoms with E-state index in [1.165, 1.54) is 38.1 Å². The number of amides is 3. The predicted molar refractivity (Wildman–Crippen MR) is 143 cm³/mol. The number of carboxylic acid groups (broad SMARTS) is 1. The molecule has 2 atom stereocenters. The second-order valence-electron chi connectivity index (χ2n) is 8.69. The van der Waals surface area contributed by atoms with Gasteiger partial charge >= 0.3 is 11.7 Å². The number of rotatable bonds is 10. The summed E-state index contributed by atoms with van der Waals surface area (Å²) in [5, 5.41) is 17.0. The smallest absolute Gasteiger partial charge is 0.333 e. The molecule has 0 aliphatic rings. The zero-order chi connectivity index (χ0) is 28.7. The third kappa shape index (κ3) is 8.08. The number of carbonyl (C=O) groups is 4. The number of halogens is 1. The lowest BCUT2D eigenvalue weighted by molar-refractivity contribution is -0.136. The van der Waals surface area contributed by atoms with Crippen molar-refractivity contribution < 1.29 is 24.3 Å². The molecule has 0 aliphatic heterocycles. The Bertz CT molecular complexity index is 1380. The van der Waals surface area contributed by atoms with E-state index in [1.807, 2.05) is 0 Å². The van der Waals surface area contributed by atoms with Crippen LogP contribution in [-0.2, 0) is 19.2 Å². The van der Waals surface area contributed by atoms with Crippen LogP contribution in [0.15, 0.2) is 44.6 Å². The van der Waals surface area contributed by atoms with Crippen LogP contribution >= 0.6 is 24.2 Å². The molecule has 2 rings (SSSR count). The summed E-state index contributed by atoms with van der Waals surface area (Å²) in [4.78, 5) is 75.5. The number of carbonyl (C=O) groups excluding carboxylic acids is 3. The van der Waals surface area contributed by atoms with Gasteiger partial charge in [-0.15, -0.1) is 12.6 Å². The SMILES string of the molecule is CC(=O)NC(C(=O)NC(C)C(=O)NC(=Cc1c(S)n(-c2ccc(Cl)cc2)c(=O)[nH]c1=O)CC(=O)O)C(C)C. The standard InChI is InChI=1S/C24H28ClN5O7S/c1-11(2)19(27-13(4)31)22(36)26-12(3)20(34)28-15(10-18(32)33)9-17-21(35)29-24(37)30(23(17)38)16-7-5-14(25)6-8-16/h5-9,11-12,19,38H,10H2,1-4H3,(H,26,36)(H,27,31)(H,28,34)(H,32,33)(H,29,35,37). The lowest BCUT2D eigenvalue weighted by Crippen LogP contribution is -2.54. The van der Waals surface area contributed by atoms with E-state index >= 15 is 0 Å². The first kappa shape index (κ1) is 30.4. The van der Waals surface area contributed by atoms with Crippen LogP contribution in [-0.4, -0.2) is 50.4 Å². The summed E-state index contributed by atoms with van der Waals surface area (Å²) in [6, 6.07) is 4.07. The van der Waals surface area contributed by atoms with E-state index in [4.69, 9.17) is 11.6 Å². The van der Waals surface area contributed by atoms with E-state index in [-0.39, 0.29) is 22.2 Å². The number of nitrogens with zero attached hydrogens (tertiary/aromatic N) is 1. The molecular weight excluding hydrogens is 538 g/mol. The Hall–Kier alpha value is -3.84. The van der Waals surface area contributed by atoms with Gasteiger partial charge in [0, 0.05) is 17.6 Å². The summed E-state index contributed by atoms with van der Waals surface area (Å²) in [7, 11) is 0. The summed E-state index contributed by atoms with van der Waals surface area (Å²) in [5.74, 6) is -3.39. The number of aromatic nitrogens is 2. The lowest BCUT2D eigenvalue weighted by Gasteiger charge is -2.23.